The largest absolute Gasteiger partial charge is 0.481 e. The SMILES string of the molecule is O=C(O)C1CC12CCN(C(=O)c1cc(Cl)ccc1Cl)CC2. The molecule has 3 rings (SSSR count). The van der Waals surface area contributed by atoms with Gasteiger partial charge in [0.05, 0.1) is 16.5 Å². The molecule has 1 atom stereocenters. The summed E-state index contributed by atoms with van der Waals surface area (Å²) < 4.78 is 0. The van der Waals surface area contributed by atoms with Crippen molar-refractivity contribution >= 4 is 35.1 Å². The molecule has 1 amide bonds. The van der Waals surface area contributed by atoms with Crippen LogP contribution in [0.2, 0.25) is 10.0 Å². The van der Waals surface area contributed by atoms with Crippen molar-refractivity contribution < 1.29 is 14.7 Å². The van der Waals surface area contributed by atoms with Crippen molar-refractivity contribution in [1.82, 2.24) is 4.90 Å². The van der Waals surface area contributed by atoms with Gasteiger partial charge in [0.15, 0.2) is 0 Å². The molecule has 0 radical (unpaired) electrons. The summed E-state index contributed by atoms with van der Waals surface area (Å²) in [5, 5.41) is 9.94. The first-order chi connectivity index (χ1) is 9.93. The molecule has 21 heavy (non-hydrogen) atoms. The van der Waals surface area contributed by atoms with E-state index in [4.69, 9.17) is 28.3 Å². The highest BCUT2D eigenvalue weighted by Gasteiger charge is 2.59. The van der Waals surface area contributed by atoms with Crippen LogP contribution in [0.25, 0.3) is 0 Å². The maximum absolute atomic E-state index is 12.5. The Bertz CT molecular complexity index is 609. The average molecular weight is 328 g/mol. The Kier molecular flexibility index (Phi) is 3.62. The van der Waals surface area contributed by atoms with Gasteiger partial charge < -0.3 is 10.0 Å². The highest BCUT2D eigenvalue weighted by Crippen LogP contribution is 2.59. The van der Waals surface area contributed by atoms with Crippen LogP contribution in [-0.4, -0.2) is 35.0 Å². The van der Waals surface area contributed by atoms with Gasteiger partial charge in [0, 0.05) is 18.1 Å². The van der Waals surface area contributed by atoms with E-state index in [1.54, 1.807) is 23.1 Å². The molecule has 1 aliphatic heterocycles. The molecule has 0 aromatic heterocycles. The van der Waals surface area contributed by atoms with Crippen molar-refractivity contribution in [3.63, 3.8) is 0 Å². The van der Waals surface area contributed by atoms with Gasteiger partial charge in [-0.1, -0.05) is 23.2 Å². The quantitative estimate of drug-likeness (QED) is 0.906. The molecule has 1 heterocycles. The monoisotopic (exact) mass is 327 g/mol. The summed E-state index contributed by atoms with van der Waals surface area (Å²) in [6, 6.07) is 4.84. The molecule has 1 spiro atoms. The summed E-state index contributed by atoms with van der Waals surface area (Å²) in [5.41, 5.74) is 0.325. The van der Waals surface area contributed by atoms with E-state index in [-0.39, 0.29) is 17.2 Å². The summed E-state index contributed by atoms with van der Waals surface area (Å²) in [7, 11) is 0. The molecule has 112 valence electrons. The van der Waals surface area contributed by atoms with E-state index in [2.05, 4.69) is 0 Å². The maximum Gasteiger partial charge on any atom is 0.307 e. The van der Waals surface area contributed by atoms with Crippen LogP contribution in [0.4, 0.5) is 0 Å². The number of carboxylic acid groups (broad SMARTS) is 1. The molecule has 2 fully saturated rings. The van der Waals surface area contributed by atoms with Crippen LogP contribution in [0.1, 0.15) is 29.6 Å². The number of halogens is 2. The molecule has 1 unspecified atom stereocenters. The van der Waals surface area contributed by atoms with Crippen molar-refractivity contribution in [2.24, 2.45) is 11.3 Å². The van der Waals surface area contributed by atoms with Crippen molar-refractivity contribution in [2.75, 3.05) is 13.1 Å². The first-order valence-electron chi connectivity index (χ1n) is 6.90. The number of aliphatic carboxylic acids is 1. The van der Waals surface area contributed by atoms with Gasteiger partial charge in [-0.25, -0.2) is 0 Å². The Hall–Kier alpha value is -1.26. The van der Waals surface area contributed by atoms with Crippen LogP contribution in [0.15, 0.2) is 18.2 Å². The number of hydrogen-bond acceptors (Lipinski definition) is 2. The van der Waals surface area contributed by atoms with Crippen molar-refractivity contribution in [1.29, 1.82) is 0 Å². The predicted octanol–water partition coefficient (Wildman–Crippen LogP) is 3.32. The van der Waals surface area contributed by atoms with Crippen LogP contribution in [0, 0.1) is 11.3 Å². The molecule has 0 bridgehead atoms. The first kappa shape index (κ1) is 14.7. The number of carbonyl (C=O) groups excluding carboxylic acids is 1. The molecule has 4 nitrogen and oxygen atoms in total. The van der Waals surface area contributed by atoms with Crippen molar-refractivity contribution in [3.05, 3.63) is 33.8 Å². The molecular formula is C15H15Cl2NO3. The number of nitrogens with zero attached hydrogens (tertiary/aromatic N) is 1. The molecule has 6 heteroatoms. The minimum absolute atomic E-state index is 0.0826. The lowest BCUT2D eigenvalue weighted by atomic mass is 9.90. The Morgan fingerprint density at radius 3 is 2.48 bits per heavy atom. The van der Waals surface area contributed by atoms with E-state index < -0.39 is 5.97 Å². The Balaban J connectivity index is 1.69. The number of hydrogen-bond donors (Lipinski definition) is 1. The summed E-state index contributed by atoms with van der Waals surface area (Å²) in [6.07, 6.45) is 2.23. The molecule has 1 N–H and O–H groups in total. The number of piperidine rings is 1. The van der Waals surface area contributed by atoms with E-state index in [1.165, 1.54) is 0 Å². The second-order valence-corrected chi connectivity index (χ2v) is 6.72. The van der Waals surface area contributed by atoms with Gasteiger partial charge in [-0.3, -0.25) is 9.59 Å². The standard InChI is InChI=1S/C15H15Cl2NO3/c16-9-1-2-12(17)10(7-9)13(19)18-5-3-15(4-6-18)8-11(15)14(20)21/h1-2,7,11H,3-6,8H2,(H,20,21). The van der Waals surface area contributed by atoms with Gasteiger partial charge in [-0.15, -0.1) is 0 Å². The fraction of sp³-hybridized carbons (Fsp3) is 0.467. The number of amides is 1. The Morgan fingerprint density at radius 1 is 1.24 bits per heavy atom. The number of carboxylic acids is 1. The summed E-state index contributed by atoms with van der Waals surface area (Å²) in [6.45, 7) is 1.15. The van der Waals surface area contributed by atoms with Crippen LogP contribution < -0.4 is 0 Å². The molecule has 1 saturated heterocycles. The zero-order chi connectivity index (χ0) is 15.2. The van der Waals surface area contributed by atoms with E-state index >= 15 is 0 Å². The van der Waals surface area contributed by atoms with Crippen LogP contribution in [-0.2, 0) is 4.79 Å². The van der Waals surface area contributed by atoms with E-state index in [0.29, 0.717) is 28.7 Å². The first-order valence-corrected chi connectivity index (χ1v) is 7.66. The third-order valence-corrected chi connectivity index (χ3v) is 5.26. The predicted molar refractivity (Wildman–Crippen MR) is 79.8 cm³/mol. The molecule has 1 aromatic rings. The average Bonchev–Trinajstić information content (AvgIpc) is 3.16. The minimum atomic E-state index is -0.715. The smallest absolute Gasteiger partial charge is 0.307 e. The summed E-state index contributed by atoms with van der Waals surface area (Å²) >= 11 is 12.0. The van der Waals surface area contributed by atoms with Crippen LogP contribution in [0.3, 0.4) is 0 Å². The van der Waals surface area contributed by atoms with Gasteiger partial charge in [-0.2, -0.15) is 0 Å². The maximum atomic E-state index is 12.5. The fourth-order valence-corrected chi connectivity index (χ4v) is 3.61. The Labute approximate surface area is 132 Å². The van der Waals surface area contributed by atoms with Gasteiger partial charge in [-0.05, 0) is 42.9 Å². The lowest BCUT2D eigenvalue weighted by Crippen LogP contribution is -2.40. The molecule has 1 saturated carbocycles. The van der Waals surface area contributed by atoms with Gasteiger partial charge in [0.2, 0.25) is 0 Å². The Morgan fingerprint density at radius 2 is 1.90 bits per heavy atom. The molecule has 2 aliphatic rings. The number of carbonyl (C=O) groups is 2. The summed E-state index contributed by atoms with van der Waals surface area (Å²) in [4.78, 5) is 25.3. The normalized spacial score (nSPS) is 23.1. The fourth-order valence-electron chi connectivity index (χ4n) is 3.24. The zero-order valence-corrected chi connectivity index (χ0v) is 12.8. The van der Waals surface area contributed by atoms with E-state index in [0.717, 1.165) is 19.3 Å². The van der Waals surface area contributed by atoms with Gasteiger partial charge in [0.1, 0.15) is 0 Å². The number of rotatable bonds is 2. The highest BCUT2D eigenvalue weighted by molar-refractivity contribution is 6.35. The lowest BCUT2D eigenvalue weighted by Gasteiger charge is -2.32. The van der Waals surface area contributed by atoms with Crippen LogP contribution in [0.5, 0.6) is 0 Å². The number of benzene rings is 1. The van der Waals surface area contributed by atoms with Gasteiger partial charge >= 0.3 is 5.97 Å². The highest BCUT2D eigenvalue weighted by atomic mass is 35.5. The third-order valence-electron chi connectivity index (χ3n) is 4.69. The lowest BCUT2D eigenvalue weighted by molar-refractivity contribution is -0.139. The van der Waals surface area contributed by atoms with Gasteiger partial charge in [0.25, 0.3) is 5.91 Å². The minimum Gasteiger partial charge on any atom is -0.481 e. The molecule has 1 aliphatic carbocycles. The molecule has 1 aromatic carbocycles. The van der Waals surface area contributed by atoms with E-state index in [9.17, 15) is 9.59 Å². The zero-order valence-electron chi connectivity index (χ0n) is 11.3. The topological polar surface area (TPSA) is 57.6 Å². The van der Waals surface area contributed by atoms with Crippen molar-refractivity contribution in [3.8, 4) is 0 Å². The van der Waals surface area contributed by atoms with Crippen molar-refractivity contribution in [2.45, 2.75) is 19.3 Å². The summed E-state index contributed by atoms with van der Waals surface area (Å²) in [5.74, 6) is -1.08. The second kappa shape index (κ2) is 5.18. The van der Waals surface area contributed by atoms with Crippen LogP contribution >= 0.6 is 23.2 Å². The van der Waals surface area contributed by atoms with E-state index in [1.807, 2.05) is 0 Å². The molecular weight excluding hydrogens is 313 g/mol. The number of likely N-dealkylation sites (tertiary alicyclic amines) is 1. The second-order valence-electron chi connectivity index (χ2n) is 5.87. The third kappa shape index (κ3) is 2.62.